The number of thioether (sulfide) groups is 1. The fraction of sp³-hybridized carbons (Fsp3) is 0.235. The zero-order valence-electron chi connectivity index (χ0n) is 13.7. The summed E-state index contributed by atoms with van der Waals surface area (Å²) in [6.07, 6.45) is 0. The lowest BCUT2D eigenvalue weighted by Crippen LogP contribution is -2.38. The largest absolute Gasteiger partial charge is 0.466 e. The van der Waals surface area contributed by atoms with Crippen molar-refractivity contribution in [3.63, 3.8) is 0 Å². The number of ether oxygens (including phenoxy) is 1. The van der Waals surface area contributed by atoms with E-state index in [1.54, 1.807) is 6.92 Å². The first-order valence-corrected chi connectivity index (χ1v) is 8.76. The number of halogens is 2. The Morgan fingerprint density at radius 3 is 2.77 bits per heavy atom. The number of benzene rings is 1. The zero-order chi connectivity index (χ0) is 19.2. The fourth-order valence-electron chi connectivity index (χ4n) is 3.01. The average molecular weight is 394 g/mol. The van der Waals surface area contributed by atoms with E-state index in [1.165, 1.54) is 25.3 Å². The topological polar surface area (TPSA) is 96.4 Å². The quantitative estimate of drug-likeness (QED) is 0.776. The molecule has 6 nitrogen and oxygen atoms in total. The van der Waals surface area contributed by atoms with Gasteiger partial charge in [0.1, 0.15) is 11.6 Å². The summed E-state index contributed by atoms with van der Waals surface area (Å²) in [5.41, 5.74) is 5.83. The molecule has 0 bridgehead atoms. The molecule has 2 heterocycles. The first-order chi connectivity index (χ1) is 12.3. The average Bonchev–Trinajstić information content (AvgIpc) is 2.89. The number of amides is 1. The first kappa shape index (κ1) is 18.3. The van der Waals surface area contributed by atoms with E-state index in [0.29, 0.717) is 0 Å². The number of esters is 1. The minimum Gasteiger partial charge on any atom is -0.466 e. The van der Waals surface area contributed by atoms with Gasteiger partial charge in [0, 0.05) is 10.6 Å². The van der Waals surface area contributed by atoms with Gasteiger partial charge < -0.3 is 10.5 Å². The third kappa shape index (κ3) is 2.55. The second-order valence-corrected chi connectivity index (χ2v) is 7.36. The number of hydrogen-bond acceptors (Lipinski definition) is 6. The highest BCUT2D eigenvalue weighted by Crippen LogP contribution is 2.50. The van der Waals surface area contributed by atoms with Crippen LogP contribution in [-0.2, 0) is 14.3 Å². The van der Waals surface area contributed by atoms with Crippen molar-refractivity contribution in [2.75, 3.05) is 7.11 Å². The Hall–Kier alpha value is -2.50. The van der Waals surface area contributed by atoms with E-state index in [9.17, 15) is 19.2 Å². The zero-order valence-corrected chi connectivity index (χ0v) is 15.3. The van der Waals surface area contributed by atoms with Gasteiger partial charge in [0.2, 0.25) is 5.91 Å². The Balaban J connectivity index is 2.37. The smallest absolute Gasteiger partial charge is 0.337 e. The first-order valence-electron chi connectivity index (χ1n) is 7.50. The van der Waals surface area contributed by atoms with Crippen molar-refractivity contribution in [3.8, 4) is 6.07 Å². The number of hydrogen-bond donors (Lipinski definition) is 1. The summed E-state index contributed by atoms with van der Waals surface area (Å²) in [5.74, 6) is -3.15. The van der Waals surface area contributed by atoms with Crippen LogP contribution in [0.2, 0.25) is 5.02 Å². The number of allylic oxidation sites excluding steroid dienone is 1. The van der Waals surface area contributed by atoms with Crippen LogP contribution < -0.4 is 5.73 Å². The van der Waals surface area contributed by atoms with Gasteiger partial charge >= 0.3 is 5.97 Å². The number of nitrogens with two attached hydrogens (primary N) is 1. The molecule has 0 saturated carbocycles. The number of fused-ring (bicyclic) bond motifs is 1. The number of methoxy groups -OCH3 is 1. The molecule has 2 aliphatic rings. The van der Waals surface area contributed by atoms with E-state index in [1.807, 2.05) is 6.07 Å². The Bertz CT molecular complexity index is 917. The van der Waals surface area contributed by atoms with Gasteiger partial charge in [0.05, 0.1) is 40.5 Å². The molecule has 9 heteroatoms. The van der Waals surface area contributed by atoms with E-state index in [-0.39, 0.29) is 38.5 Å². The highest BCUT2D eigenvalue weighted by atomic mass is 35.5. The minimum absolute atomic E-state index is 0.0343. The summed E-state index contributed by atoms with van der Waals surface area (Å²) in [6, 6.07) is 5.94. The molecular formula is C17H13ClFN3O3S. The molecule has 1 aromatic carbocycles. The number of nitrogens with zero attached hydrogens (tertiary/aromatic N) is 2. The van der Waals surface area contributed by atoms with Crippen LogP contribution in [0.5, 0.6) is 0 Å². The predicted octanol–water partition coefficient (Wildman–Crippen LogP) is 2.62. The maximum atomic E-state index is 14.6. The van der Waals surface area contributed by atoms with Gasteiger partial charge in [-0.3, -0.25) is 9.69 Å². The van der Waals surface area contributed by atoms with Crippen molar-refractivity contribution >= 4 is 35.2 Å². The van der Waals surface area contributed by atoms with Crippen molar-refractivity contribution in [2.45, 2.75) is 18.1 Å². The molecule has 1 saturated heterocycles. The minimum atomic E-state index is -1.17. The van der Waals surface area contributed by atoms with Crippen LogP contribution >= 0.6 is 23.4 Å². The molecule has 0 radical (unpaired) electrons. The van der Waals surface area contributed by atoms with Crippen LogP contribution in [0.4, 0.5) is 4.39 Å². The van der Waals surface area contributed by atoms with Gasteiger partial charge in [-0.2, -0.15) is 5.26 Å². The summed E-state index contributed by atoms with van der Waals surface area (Å²) >= 11 is 7.27. The summed E-state index contributed by atoms with van der Waals surface area (Å²) < 4.78 is 19.4. The molecule has 0 aromatic heterocycles. The summed E-state index contributed by atoms with van der Waals surface area (Å²) in [6.45, 7) is 1.65. The summed E-state index contributed by atoms with van der Waals surface area (Å²) in [4.78, 5) is 26.1. The summed E-state index contributed by atoms with van der Waals surface area (Å²) in [5, 5.41) is 9.40. The van der Waals surface area contributed by atoms with Crippen LogP contribution in [0.25, 0.3) is 0 Å². The Kier molecular flexibility index (Phi) is 4.69. The third-order valence-corrected chi connectivity index (χ3v) is 5.71. The molecule has 3 rings (SSSR count). The Morgan fingerprint density at radius 2 is 2.19 bits per heavy atom. The lowest BCUT2D eigenvalue weighted by atomic mass is 9.82. The maximum absolute atomic E-state index is 14.6. The van der Waals surface area contributed by atoms with E-state index < -0.39 is 23.0 Å². The molecular weight excluding hydrogens is 381 g/mol. The summed E-state index contributed by atoms with van der Waals surface area (Å²) in [7, 11) is 1.17. The van der Waals surface area contributed by atoms with Crippen LogP contribution in [0.15, 0.2) is 40.2 Å². The van der Waals surface area contributed by atoms with Gasteiger partial charge in [-0.15, -0.1) is 0 Å². The third-order valence-electron chi connectivity index (χ3n) is 4.20. The molecule has 1 aromatic rings. The van der Waals surface area contributed by atoms with Crippen LogP contribution in [0.1, 0.15) is 18.4 Å². The molecule has 1 fully saturated rings. The molecule has 2 aliphatic heterocycles. The van der Waals surface area contributed by atoms with Gasteiger partial charge in [0.15, 0.2) is 0 Å². The van der Waals surface area contributed by atoms with E-state index in [2.05, 4.69) is 0 Å². The van der Waals surface area contributed by atoms with E-state index >= 15 is 0 Å². The molecule has 134 valence electrons. The highest BCUT2D eigenvalue weighted by molar-refractivity contribution is 8.04. The standard InChI is InChI=1S/C17H13ClFN3O3S/c1-7-15(23)22-14(21)8(6-20)11(12-9(18)4-3-5-10(12)19)13(16(22)26-7)17(24)25-2/h3-5,7,11H,21H2,1-2H3/t7-,11+/m0/s1. The molecule has 2 N–H and O–H groups in total. The molecule has 26 heavy (non-hydrogen) atoms. The van der Waals surface area contributed by atoms with Crippen LogP contribution in [0.3, 0.4) is 0 Å². The maximum Gasteiger partial charge on any atom is 0.337 e. The number of nitriles is 1. The Labute approximate surface area is 158 Å². The van der Waals surface area contributed by atoms with Crippen molar-refractivity contribution < 1.29 is 18.7 Å². The van der Waals surface area contributed by atoms with Gasteiger partial charge in [-0.05, 0) is 19.1 Å². The van der Waals surface area contributed by atoms with Crippen molar-refractivity contribution in [1.29, 1.82) is 5.26 Å². The molecule has 0 unspecified atom stereocenters. The van der Waals surface area contributed by atoms with E-state index in [0.717, 1.165) is 16.7 Å². The van der Waals surface area contributed by atoms with Gasteiger partial charge in [-0.25, -0.2) is 9.18 Å². The Morgan fingerprint density at radius 1 is 1.50 bits per heavy atom. The van der Waals surface area contributed by atoms with Gasteiger partial charge in [0.25, 0.3) is 0 Å². The lowest BCUT2D eigenvalue weighted by Gasteiger charge is -2.31. The lowest BCUT2D eigenvalue weighted by molar-refractivity contribution is -0.136. The normalized spacial score (nSPS) is 22.4. The predicted molar refractivity (Wildman–Crippen MR) is 93.9 cm³/mol. The molecule has 1 amide bonds. The highest BCUT2D eigenvalue weighted by Gasteiger charge is 2.48. The monoisotopic (exact) mass is 393 g/mol. The van der Waals surface area contributed by atoms with Crippen LogP contribution in [0, 0.1) is 17.1 Å². The molecule has 2 atom stereocenters. The number of carbonyl (C=O) groups is 2. The molecule has 0 spiro atoms. The number of carbonyl (C=O) groups excluding carboxylic acids is 2. The number of rotatable bonds is 2. The SMILES string of the molecule is COC(=O)C1=C2S[C@@H](C)C(=O)N2C(N)=C(C#N)[C@@H]1c1c(F)cccc1Cl. The van der Waals surface area contributed by atoms with Crippen LogP contribution in [-0.4, -0.2) is 29.1 Å². The van der Waals surface area contributed by atoms with Gasteiger partial charge in [-0.1, -0.05) is 29.4 Å². The van der Waals surface area contributed by atoms with Crippen molar-refractivity contribution in [2.24, 2.45) is 5.73 Å². The fourth-order valence-corrected chi connectivity index (χ4v) is 4.45. The molecule has 0 aliphatic carbocycles. The second kappa shape index (κ2) is 6.67. The van der Waals surface area contributed by atoms with Crippen molar-refractivity contribution in [3.05, 3.63) is 56.6 Å². The van der Waals surface area contributed by atoms with E-state index in [4.69, 9.17) is 22.1 Å². The van der Waals surface area contributed by atoms with Crippen molar-refractivity contribution in [1.82, 2.24) is 4.90 Å². The second-order valence-electron chi connectivity index (χ2n) is 5.62.